The highest BCUT2D eigenvalue weighted by Gasteiger charge is 2.21. The monoisotopic (exact) mass is 415 g/mol. The van der Waals surface area contributed by atoms with Gasteiger partial charge in [-0.1, -0.05) is 6.07 Å². The van der Waals surface area contributed by atoms with Crippen LogP contribution in [0.25, 0.3) is 0 Å². The second-order valence-corrected chi connectivity index (χ2v) is 9.29. The first kappa shape index (κ1) is 20.9. The maximum absolute atomic E-state index is 12.9. The Balaban J connectivity index is 1.88. The number of amides is 1. The lowest BCUT2D eigenvalue weighted by Crippen LogP contribution is -2.23. The molecule has 3 rings (SSSR count). The average Bonchev–Trinajstić information content (AvgIpc) is 3.26. The maximum atomic E-state index is 12.9. The van der Waals surface area contributed by atoms with E-state index in [9.17, 15) is 13.2 Å². The van der Waals surface area contributed by atoms with Crippen LogP contribution in [0.2, 0.25) is 0 Å². The van der Waals surface area contributed by atoms with Crippen LogP contribution in [0.3, 0.4) is 0 Å². The van der Waals surface area contributed by atoms with E-state index < -0.39 is 10.0 Å². The van der Waals surface area contributed by atoms with Crippen LogP contribution in [0.15, 0.2) is 52.0 Å². The average molecular weight is 416 g/mol. The molecular weight excluding hydrogens is 390 g/mol. The number of hydrogen-bond donors (Lipinski definition) is 1. The van der Waals surface area contributed by atoms with Gasteiger partial charge >= 0.3 is 0 Å². The van der Waals surface area contributed by atoms with Crippen LogP contribution in [0.5, 0.6) is 0 Å². The quantitative estimate of drug-likeness (QED) is 0.667. The molecule has 1 aromatic carbocycles. The van der Waals surface area contributed by atoms with Crippen molar-refractivity contribution >= 4 is 21.6 Å². The predicted octanol–water partition coefficient (Wildman–Crippen LogP) is 3.56. The molecule has 154 valence electrons. The number of aryl methyl sites for hydroxylation is 2. The first-order valence-corrected chi connectivity index (χ1v) is 10.6. The molecule has 2 aromatic heterocycles. The fourth-order valence-corrected chi connectivity index (χ4v) is 4.33. The Bertz CT molecular complexity index is 1140. The van der Waals surface area contributed by atoms with E-state index >= 15 is 0 Å². The van der Waals surface area contributed by atoms with E-state index in [2.05, 4.69) is 5.32 Å². The molecule has 2 heterocycles. The third kappa shape index (κ3) is 4.13. The topological polar surface area (TPSA) is 84.5 Å². The zero-order valence-corrected chi connectivity index (χ0v) is 18.0. The maximum Gasteiger partial charge on any atom is 0.257 e. The Labute approximate surface area is 171 Å². The van der Waals surface area contributed by atoms with Crippen LogP contribution in [0, 0.1) is 20.8 Å². The molecule has 0 saturated heterocycles. The summed E-state index contributed by atoms with van der Waals surface area (Å²) >= 11 is 0. The Morgan fingerprint density at radius 2 is 1.86 bits per heavy atom. The number of nitrogens with one attached hydrogen (secondary N) is 1. The first-order chi connectivity index (χ1) is 13.6. The smallest absolute Gasteiger partial charge is 0.257 e. The highest BCUT2D eigenvalue weighted by atomic mass is 32.2. The van der Waals surface area contributed by atoms with Gasteiger partial charge in [0.05, 0.1) is 23.3 Å². The fourth-order valence-electron chi connectivity index (χ4n) is 3.18. The van der Waals surface area contributed by atoms with Gasteiger partial charge in [-0.3, -0.25) is 4.79 Å². The highest BCUT2D eigenvalue weighted by molar-refractivity contribution is 7.89. The molecule has 1 amide bonds. The van der Waals surface area contributed by atoms with Gasteiger partial charge in [0.25, 0.3) is 5.91 Å². The lowest BCUT2D eigenvalue weighted by atomic mass is 10.2. The summed E-state index contributed by atoms with van der Waals surface area (Å²) in [6.07, 6.45) is 1.62. The molecule has 0 aliphatic rings. The molecule has 0 spiro atoms. The Morgan fingerprint density at radius 3 is 2.48 bits per heavy atom. The van der Waals surface area contributed by atoms with Gasteiger partial charge in [-0.25, -0.2) is 12.7 Å². The molecule has 0 aliphatic carbocycles. The predicted molar refractivity (Wildman–Crippen MR) is 112 cm³/mol. The number of anilines is 1. The second-order valence-electron chi connectivity index (χ2n) is 7.17. The van der Waals surface area contributed by atoms with Crippen molar-refractivity contribution in [3.8, 4) is 0 Å². The molecule has 0 bridgehead atoms. The lowest BCUT2D eigenvalue weighted by molar-refractivity contribution is 0.102. The van der Waals surface area contributed by atoms with E-state index in [4.69, 9.17) is 4.42 Å². The molecule has 7 nitrogen and oxygen atoms in total. The third-order valence-electron chi connectivity index (χ3n) is 4.92. The van der Waals surface area contributed by atoms with Gasteiger partial charge in [-0.05, 0) is 56.7 Å². The van der Waals surface area contributed by atoms with E-state index in [1.54, 1.807) is 25.3 Å². The number of rotatable bonds is 6. The lowest BCUT2D eigenvalue weighted by Gasteiger charge is -2.15. The molecule has 0 fully saturated rings. The molecule has 8 heteroatoms. The van der Waals surface area contributed by atoms with Gasteiger partial charge < -0.3 is 14.3 Å². The van der Waals surface area contributed by atoms with E-state index in [0.29, 0.717) is 23.4 Å². The molecular formula is C21H25N3O4S. The standard InChI is InChI=1S/C21H25N3O4S/c1-14-8-9-17(12-20(14)29(26,27)23(4)5)22-21(25)19-11-15(2)24(16(19)3)13-18-7-6-10-28-18/h6-12H,13H2,1-5H3,(H,22,25). The molecule has 29 heavy (non-hydrogen) atoms. The van der Waals surface area contributed by atoms with Crippen LogP contribution < -0.4 is 5.32 Å². The molecule has 3 aromatic rings. The summed E-state index contributed by atoms with van der Waals surface area (Å²) in [7, 11) is -0.643. The zero-order valence-electron chi connectivity index (χ0n) is 17.2. The third-order valence-corrected chi connectivity index (χ3v) is 6.87. The molecule has 0 aliphatic heterocycles. The summed E-state index contributed by atoms with van der Waals surface area (Å²) in [6, 6.07) is 10.4. The summed E-state index contributed by atoms with van der Waals surface area (Å²) in [5.41, 5.74) is 3.32. The number of sulfonamides is 1. The van der Waals surface area contributed by atoms with Crippen molar-refractivity contribution < 1.29 is 17.6 Å². The summed E-state index contributed by atoms with van der Waals surface area (Å²) in [5.74, 6) is 0.511. The minimum absolute atomic E-state index is 0.170. The van der Waals surface area contributed by atoms with Crippen LogP contribution in [0.4, 0.5) is 5.69 Å². The van der Waals surface area contributed by atoms with Crippen molar-refractivity contribution in [3.05, 3.63) is 70.9 Å². The minimum Gasteiger partial charge on any atom is -0.467 e. The number of benzene rings is 1. The summed E-state index contributed by atoms with van der Waals surface area (Å²) < 4.78 is 33.6. The second kappa shape index (κ2) is 7.88. The van der Waals surface area contributed by atoms with Gasteiger partial charge in [0.15, 0.2) is 0 Å². The Kier molecular flexibility index (Phi) is 5.68. The van der Waals surface area contributed by atoms with Crippen LogP contribution in [-0.4, -0.2) is 37.3 Å². The SMILES string of the molecule is Cc1ccc(NC(=O)c2cc(C)n(Cc3ccco3)c2C)cc1S(=O)(=O)N(C)C. The number of hydrogen-bond acceptors (Lipinski definition) is 4. The van der Waals surface area contributed by atoms with Gasteiger partial charge in [0, 0.05) is 31.2 Å². The van der Waals surface area contributed by atoms with Crippen LogP contribution in [0.1, 0.15) is 33.1 Å². The van der Waals surface area contributed by atoms with Gasteiger partial charge in [-0.15, -0.1) is 0 Å². The van der Waals surface area contributed by atoms with Gasteiger partial charge in [0.2, 0.25) is 10.0 Å². The van der Waals surface area contributed by atoms with Crippen LogP contribution >= 0.6 is 0 Å². The Hall–Kier alpha value is -2.84. The summed E-state index contributed by atoms with van der Waals surface area (Å²) in [6.45, 7) is 6.07. The number of carbonyl (C=O) groups is 1. The summed E-state index contributed by atoms with van der Waals surface area (Å²) in [5, 5.41) is 2.82. The zero-order chi connectivity index (χ0) is 21.3. The molecule has 0 saturated carbocycles. The highest BCUT2D eigenvalue weighted by Crippen LogP contribution is 2.24. The molecule has 0 atom stereocenters. The van der Waals surface area contributed by atoms with E-state index in [1.807, 2.05) is 36.6 Å². The van der Waals surface area contributed by atoms with Crippen molar-refractivity contribution in [1.29, 1.82) is 0 Å². The van der Waals surface area contributed by atoms with E-state index in [0.717, 1.165) is 21.5 Å². The summed E-state index contributed by atoms with van der Waals surface area (Å²) in [4.78, 5) is 13.0. The number of aromatic nitrogens is 1. The van der Waals surface area contributed by atoms with Gasteiger partial charge in [-0.2, -0.15) is 0 Å². The molecule has 0 unspecified atom stereocenters. The largest absolute Gasteiger partial charge is 0.467 e. The number of furan rings is 1. The molecule has 1 N–H and O–H groups in total. The van der Waals surface area contributed by atoms with Crippen molar-refractivity contribution in [2.24, 2.45) is 0 Å². The van der Waals surface area contributed by atoms with Crippen molar-refractivity contribution in [2.45, 2.75) is 32.2 Å². The minimum atomic E-state index is -3.60. The van der Waals surface area contributed by atoms with Crippen molar-refractivity contribution in [2.75, 3.05) is 19.4 Å². The molecule has 0 radical (unpaired) electrons. The van der Waals surface area contributed by atoms with Gasteiger partial charge in [0.1, 0.15) is 5.76 Å². The van der Waals surface area contributed by atoms with Crippen molar-refractivity contribution in [1.82, 2.24) is 8.87 Å². The number of nitrogens with zero attached hydrogens (tertiary/aromatic N) is 2. The normalized spacial score (nSPS) is 11.8. The fraction of sp³-hybridized carbons (Fsp3) is 0.286. The van der Waals surface area contributed by atoms with Crippen LogP contribution in [-0.2, 0) is 16.6 Å². The van der Waals surface area contributed by atoms with E-state index in [1.165, 1.54) is 20.2 Å². The van der Waals surface area contributed by atoms with Crippen molar-refractivity contribution in [3.63, 3.8) is 0 Å². The first-order valence-electron chi connectivity index (χ1n) is 9.15. The number of carbonyl (C=O) groups excluding carboxylic acids is 1. The Morgan fingerprint density at radius 1 is 1.14 bits per heavy atom. The van der Waals surface area contributed by atoms with E-state index in [-0.39, 0.29) is 10.8 Å².